The number of ether oxygens (including phenoxy) is 1. The SMILES string of the molecule is C=CCOC(=O)N1C[C@@H](C(C)(C)C)C[C@@]1(C=C(C)CNS(C)(=O)=O)O[SiH](C)C. The van der Waals surface area contributed by atoms with E-state index in [9.17, 15) is 13.2 Å². The van der Waals surface area contributed by atoms with Crippen molar-refractivity contribution >= 4 is 25.2 Å². The smallest absolute Gasteiger partial charge is 0.412 e. The highest BCUT2D eigenvalue weighted by molar-refractivity contribution is 7.88. The van der Waals surface area contributed by atoms with Crippen molar-refractivity contribution in [1.82, 2.24) is 9.62 Å². The lowest BCUT2D eigenvalue weighted by Crippen LogP contribution is -2.50. The molecule has 0 aromatic rings. The second-order valence-corrected chi connectivity index (χ2v) is 13.0. The van der Waals surface area contributed by atoms with Crippen LogP contribution in [0.1, 0.15) is 34.1 Å². The van der Waals surface area contributed by atoms with Crippen LogP contribution in [0.2, 0.25) is 13.1 Å². The average molecular weight is 433 g/mol. The zero-order valence-corrected chi connectivity index (χ0v) is 20.2. The second-order valence-electron chi connectivity index (χ2n) is 8.84. The first-order valence-electron chi connectivity index (χ1n) is 9.56. The maximum Gasteiger partial charge on any atom is 0.412 e. The van der Waals surface area contributed by atoms with Gasteiger partial charge >= 0.3 is 6.09 Å². The first-order chi connectivity index (χ1) is 12.7. The Morgan fingerprint density at radius 1 is 1.39 bits per heavy atom. The third kappa shape index (κ3) is 7.34. The summed E-state index contributed by atoms with van der Waals surface area (Å²) >= 11 is 0. The minimum atomic E-state index is -3.31. The lowest BCUT2D eigenvalue weighted by Gasteiger charge is -2.37. The molecule has 0 spiro atoms. The van der Waals surface area contributed by atoms with Crippen molar-refractivity contribution in [1.29, 1.82) is 0 Å². The molecule has 0 unspecified atom stereocenters. The van der Waals surface area contributed by atoms with E-state index in [2.05, 4.69) is 45.2 Å². The van der Waals surface area contributed by atoms with Crippen molar-refractivity contribution < 1.29 is 22.4 Å². The summed E-state index contributed by atoms with van der Waals surface area (Å²) in [5, 5.41) is 0. The predicted molar refractivity (Wildman–Crippen MR) is 115 cm³/mol. The Kier molecular flexibility index (Phi) is 8.49. The largest absolute Gasteiger partial charge is 0.445 e. The van der Waals surface area contributed by atoms with E-state index < -0.39 is 30.9 Å². The van der Waals surface area contributed by atoms with Crippen molar-refractivity contribution in [2.45, 2.75) is 52.9 Å². The van der Waals surface area contributed by atoms with Crippen LogP contribution in [0, 0.1) is 11.3 Å². The summed E-state index contributed by atoms with van der Waals surface area (Å²) in [4.78, 5) is 14.5. The molecule has 9 heteroatoms. The summed E-state index contributed by atoms with van der Waals surface area (Å²) in [7, 11) is -4.86. The summed E-state index contributed by atoms with van der Waals surface area (Å²) in [6.45, 7) is 16.8. The first kappa shape index (κ1) is 24.9. The fraction of sp³-hybridized carbons (Fsp3) is 0.737. The Balaban J connectivity index is 3.32. The van der Waals surface area contributed by atoms with Crippen molar-refractivity contribution in [3.63, 3.8) is 0 Å². The lowest BCUT2D eigenvalue weighted by atomic mass is 9.79. The maximum atomic E-state index is 12.8. The van der Waals surface area contributed by atoms with Crippen LogP contribution in [0.4, 0.5) is 4.79 Å². The fourth-order valence-corrected chi connectivity index (χ4v) is 4.89. The summed E-state index contributed by atoms with van der Waals surface area (Å²) in [6, 6.07) is 0. The molecular formula is C19H36N2O5SSi. The zero-order chi connectivity index (χ0) is 21.8. The van der Waals surface area contributed by atoms with E-state index in [-0.39, 0.29) is 24.5 Å². The van der Waals surface area contributed by atoms with Gasteiger partial charge in [0.1, 0.15) is 6.61 Å². The fourth-order valence-electron chi connectivity index (χ4n) is 3.29. The van der Waals surface area contributed by atoms with E-state index >= 15 is 0 Å². The van der Waals surface area contributed by atoms with Gasteiger partial charge < -0.3 is 9.16 Å². The molecule has 1 saturated heterocycles. The first-order valence-corrected chi connectivity index (χ1v) is 14.2. The Labute approximate surface area is 171 Å². The molecule has 0 saturated carbocycles. The molecule has 7 nitrogen and oxygen atoms in total. The number of likely N-dealkylation sites (tertiary alicyclic amines) is 1. The monoisotopic (exact) mass is 432 g/mol. The standard InChI is InChI=1S/C19H36N2O5SSi/c1-9-10-25-17(22)21-14-16(18(3,4)5)12-19(21,26-28(7)8)11-15(2)13-20-27(6,23)24/h9,11,16,20,28H,1,10,12-14H2,2-8H3/t16-,19+/m0/s1. The highest BCUT2D eigenvalue weighted by atomic mass is 32.2. The molecule has 1 N–H and O–H groups in total. The van der Waals surface area contributed by atoms with Crippen LogP contribution in [0.5, 0.6) is 0 Å². The molecule has 0 radical (unpaired) electrons. The minimum Gasteiger partial charge on any atom is -0.445 e. The van der Waals surface area contributed by atoms with E-state index in [1.165, 1.54) is 6.08 Å². The molecule has 1 aliphatic rings. The van der Waals surface area contributed by atoms with Crippen molar-refractivity contribution in [3.8, 4) is 0 Å². The Morgan fingerprint density at radius 3 is 2.46 bits per heavy atom. The van der Waals surface area contributed by atoms with E-state index in [0.717, 1.165) is 11.8 Å². The number of hydrogen-bond donors (Lipinski definition) is 1. The normalized spacial score (nSPS) is 23.9. The van der Waals surface area contributed by atoms with Gasteiger partial charge in [-0.3, -0.25) is 4.90 Å². The number of hydrogen-bond acceptors (Lipinski definition) is 5. The lowest BCUT2D eigenvalue weighted by molar-refractivity contribution is -0.0137. The number of rotatable bonds is 8. The number of carbonyl (C=O) groups excluding carboxylic acids is 1. The molecule has 1 heterocycles. The molecule has 1 rings (SSSR count). The van der Waals surface area contributed by atoms with Gasteiger partial charge in [0.2, 0.25) is 10.0 Å². The zero-order valence-electron chi connectivity index (χ0n) is 18.2. The minimum absolute atomic E-state index is 0.0205. The highest BCUT2D eigenvalue weighted by Crippen LogP contribution is 2.44. The number of nitrogens with one attached hydrogen (secondary N) is 1. The van der Waals surface area contributed by atoms with Crippen LogP contribution in [-0.4, -0.2) is 60.1 Å². The Hall–Kier alpha value is -1.16. The third-order valence-electron chi connectivity index (χ3n) is 4.69. The maximum absolute atomic E-state index is 12.8. The van der Waals surface area contributed by atoms with Gasteiger partial charge in [0.15, 0.2) is 14.8 Å². The topological polar surface area (TPSA) is 84.9 Å². The van der Waals surface area contributed by atoms with Gasteiger partial charge in [0.25, 0.3) is 0 Å². The molecule has 1 amide bonds. The van der Waals surface area contributed by atoms with Gasteiger partial charge in [-0.2, -0.15) is 0 Å². The van der Waals surface area contributed by atoms with Gasteiger partial charge in [-0.1, -0.05) is 39.0 Å². The quantitative estimate of drug-likeness (QED) is 0.471. The average Bonchev–Trinajstić information content (AvgIpc) is 2.88. The second kappa shape index (κ2) is 9.56. The number of amides is 1. The molecule has 2 atom stereocenters. The molecule has 0 aromatic carbocycles. The summed E-state index contributed by atoms with van der Waals surface area (Å²) in [5.74, 6) is 0.212. The number of sulfonamides is 1. The molecule has 1 fully saturated rings. The van der Waals surface area contributed by atoms with Crippen LogP contribution in [0.3, 0.4) is 0 Å². The molecule has 0 bridgehead atoms. The van der Waals surface area contributed by atoms with Gasteiger partial charge in [-0.15, -0.1) is 0 Å². The van der Waals surface area contributed by atoms with Crippen LogP contribution >= 0.6 is 0 Å². The van der Waals surface area contributed by atoms with E-state index in [4.69, 9.17) is 9.16 Å². The number of nitrogens with zero attached hydrogens (tertiary/aromatic N) is 1. The van der Waals surface area contributed by atoms with Crippen LogP contribution < -0.4 is 4.72 Å². The van der Waals surface area contributed by atoms with Crippen molar-refractivity contribution in [3.05, 3.63) is 24.3 Å². The Morgan fingerprint density at radius 2 is 2.00 bits per heavy atom. The molecule has 0 aliphatic carbocycles. The van der Waals surface area contributed by atoms with Gasteiger partial charge in [-0.05, 0) is 37.4 Å². The van der Waals surface area contributed by atoms with Crippen LogP contribution in [0.15, 0.2) is 24.3 Å². The third-order valence-corrected chi connectivity index (χ3v) is 6.24. The summed E-state index contributed by atoms with van der Waals surface area (Å²) in [6.07, 6.45) is 4.74. The predicted octanol–water partition coefficient (Wildman–Crippen LogP) is 2.87. The van der Waals surface area contributed by atoms with Gasteiger partial charge in [0.05, 0.1) is 6.26 Å². The van der Waals surface area contributed by atoms with Crippen LogP contribution in [0.25, 0.3) is 0 Å². The molecule has 28 heavy (non-hydrogen) atoms. The summed E-state index contributed by atoms with van der Waals surface area (Å²) < 4.78 is 37.2. The molecular weight excluding hydrogens is 396 g/mol. The van der Waals surface area contributed by atoms with Crippen molar-refractivity contribution in [2.24, 2.45) is 11.3 Å². The van der Waals surface area contributed by atoms with E-state index in [0.29, 0.717) is 13.0 Å². The van der Waals surface area contributed by atoms with Crippen LogP contribution in [-0.2, 0) is 19.2 Å². The molecule has 162 valence electrons. The Bertz CT molecular complexity index is 700. The number of carbonyl (C=O) groups is 1. The van der Waals surface area contributed by atoms with E-state index in [1.807, 2.05) is 13.0 Å². The van der Waals surface area contributed by atoms with Crippen molar-refractivity contribution in [2.75, 3.05) is 26.0 Å². The summed E-state index contributed by atoms with van der Waals surface area (Å²) in [5.41, 5.74) is -0.163. The van der Waals surface area contributed by atoms with Gasteiger partial charge in [0, 0.05) is 19.5 Å². The highest BCUT2D eigenvalue weighted by Gasteiger charge is 2.51. The van der Waals surface area contributed by atoms with E-state index in [1.54, 1.807) is 4.90 Å². The molecule has 1 aliphatic heterocycles. The molecule has 0 aromatic heterocycles. The van der Waals surface area contributed by atoms with Gasteiger partial charge in [-0.25, -0.2) is 17.9 Å².